The molecule has 4 nitrogen and oxygen atoms in total. The van der Waals surface area contributed by atoms with Gasteiger partial charge in [0.15, 0.2) is 24.0 Å². The first kappa shape index (κ1) is 14.9. The van der Waals surface area contributed by atoms with Crippen molar-refractivity contribution in [2.45, 2.75) is 6.54 Å². The van der Waals surface area contributed by atoms with Crippen LogP contribution in [0.4, 0.5) is 14.5 Å². The molecule has 0 saturated heterocycles. The molecule has 0 atom stereocenters. The van der Waals surface area contributed by atoms with Crippen molar-refractivity contribution in [2.24, 2.45) is 5.73 Å². The number of carbonyl (C=O) groups is 1. The minimum Gasteiger partial charge on any atom is -0.478 e. The van der Waals surface area contributed by atoms with E-state index < -0.39 is 29.9 Å². The van der Waals surface area contributed by atoms with Gasteiger partial charge >= 0.3 is 0 Å². The second kappa shape index (κ2) is 6.81. The zero-order chi connectivity index (χ0) is 15.2. The van der Waals surface area contributed by atoms with Gasteiger partial charge < -0.3 is 15.8 Å². The molecule has 3 N–H and O–H groups in total. The number of nitrogens with two attached hydrogens (primary N) is 1. The molecule has 2 aromatic carbocycles. The van der Waals surface area contributed by atoms with E-state index in [0.29, 0.717) is 5.69 Å². The third-order valence-electron chi connectivity index (χ3n) is 2.78. The first-order chi connectivity index (χ1) is 10.1. The molecule has 0 aliphatic heterocycles. The lowest BCUT2D eigenvalue weighted by atomic mass is 10.2. The Labute approximate surface area is 120 Å². The molecule has 6 heteroatoms. The van der Waals surface area contributed by atoms with Crippen LogP contribution in [0, 0.1) is 11.6 Å². The van der Waals surface area contributed by atoms with Gasteiger partial charge in [-0.25, -0.2) is 8.78 Å². The van der Waals surface area contributed by atoms with Gasteiger partial charge in [-0.1, -0.05) is 24.3 Å². The third-order valence-corrected chi connectivity index (χ3v) is 2.78. The number of nitrogens with one attached hydrogen (secondary N) is 1. The van der Waals surface area contributed by atoms with Gasteiger partial charge in [0.25, 0.3) is 5.91 Å². The molecule has 2 aromatic rings. The normalized spacial score (nSPS) is 10.2. The maximum absolute atomic E-state index is 13.3. The Kier molecular flexibility index (Phi) is 4.84. The highest BCUT2D eigenvalue weighted by Crippen LogP contribution is 2.21. The molecule has 1 amide bonds. The minimum absolute atomic E-state index is 0.263. The van der Waals surface area contributed by atoms with Crippen LogP contribution in [-0.4, -0.2) is 12.5 Å². The number of carbonyl (C=O) groups excluding carboxylic acids is 1. The summed E-state index contributed by atoms with van der Waals surface area (Å²) in [5.41, 5.74) is 6.85. The van der Waals surface area contributed by atoms with Crippen molar-refractivity contribution in [1.29, 1.82) is 0 Å². The smallest absolute Gasteiger partial charge is 0.262 e. The van der Waals surface area contributed by atoms with Gasteiger partial charge in [0.05, 0.1) is 0 Å². The molecule has 0 fully saturated rings. The highest BCUT2D eigenvalue weighted by atomic mass is 19.1. The zero-order valence-electron chi connectivity index (χ0n) is 11.1. The molecule has 0 radical (unpaired) electrons. The van der Waals surface area contributed by atoms with Crippen molar-refractivity contribution in [1.82, 2.24) is 0 Å². The van der Waals surface area contributed by atoms with Crippen molar-refractivity contribution < 1.29 is 18.3 Å². The molecule has 2 rings (SSSR count). The number of halogens is 2. The van der Waals surface area contributed by atoms with E-state index >= 15 is 0 Å². The Bertz CT molecular complexity index is 627. The summed E-state index contributed by atoms with van der Waals surface area (Å²) in [6, 6.07) is 10.3. The van der Waals surface area contributed by atoms with Crippen LogP contribution in [0.2, 0.25) is 0 Å². The van der Waals surface area contributed by atoms with Gasteiger partial charge in [0, 0.05) is 12.2 Å². The van der Waals surface area contributed by atoms with E-state index in [1.807, 2.05) is 0 Å². The Hall–Kier alpha value is -2.47. The highest BCUT2D eigenvalue weighted by Gasteiger charge is 2.12. The summed E-state index contributed by atoms with van der Waals surface area (Å²) in [5, 5.41) is 2.58. The molecule has 0 saturated carbocycles. The molecule has 0 unspecified atom stereocenters. The number of hydrogen-bond acceptors (Lipinski definition) is 3. The van der Waals surface area contributed by atoms with Gasteiger partial charge in [-0.05, 0) is 23.8 Å². The van der Waals surface area contributed by atoms with Crippen LogP contribution in [0.25, 0.3) is 0 Å². The van der Waals surface area contributed by atoms with Crippen molar-refractivity contribution in [2.75, 3.05) is 11.9 Å². The standard InChI is InChI=1S/C15H14F2N2O2/c16-11-5-3-6-12(17)15(11)21-9-14(20)19-13-7-2-1-4-10(13)8-18/h1-7H,8-9,18H2,(H,19,20). The van der Waals surface area contributed by atoms with Gasteiger partial charge in [-0.2, -0.15) is 0 Å². The Balaban J connectivity index is 1.99. The monoisotopic (exact) mass is 292 g/mol. The quantitative estimate of drug-likeness (QED) is 0.889. The molecule has 0 aromatic heterocycles. The second-order valence-electron chi connectivity index (χ2n) is 4.25. The predicted molar refractivity (Wildman–Crippen MR) is 74.8 cm³/mol. The molecule has 0 spiro atoms. The first-order valence-corrected chi connectivity index (χ1v) is 6.26. The van der Waals surface area contributed by atoms with E-state index in [1.165, 1.54) is 6.07 Å². The molecule has 0 heterocycles. The fourth-order valence-electron chi connectivity index (χ4n) is 1.76. The maximum Gasteiger partial charge on any atom is 0.262 e. The molecule has 0 bridgehead atoms. The second-order valence-corrected chi connectivity index (χ2v) is 4.25. The van der Waals surface area contributed by atoms with E-state index in [-0.39, 0.29) is 6.54 Å². The topological polar surface area (TPSA) is 64.3 Å². The number of ether oxygens (including phenoxy) is 1. The van der Waals surface area contributed by atoms with Crippen molar-refractivity contribution in [3.63, 3.8) is 0 Å². The lowest BCUT2D eigenvalue weighted by Gasteiger charge is -2.11. The Morgan fingerprint density at radius 2 is 1.76 bits per heavy atom. The van der Waals surface area contributed by atoms with Gasteiger partial charge in [0.1, 0.15) is 0 Å². The van der Waals surface area contributed by atoms with Gasteiger partial charge in [0.2, 0.25) is 0 Å². The summed E-state index contributed by atoms with van der Waals surface area (Å²) in [6.07, 6.45) is 0. The molecule has 0 aliphatic carbocycles. The summed E-state index contributed by atoms with van der Waals surface area (Å²) in [4.78, 5) is 11.8. The average molecular weight is 292 g/mol. The number of anilines is 1. The van der Waals surface area contributed by atoms with Crippen LogP contribution in [0.5, 0.6) is 5.75 Å². The van der Waals surface area contributed by atoms with Crippen molar-refractivity contribution in [3.8, 4) is 5.75 Å². The van der Waals surface area contributed by atoms with E-state index in [1.54, 1.807) is 24.3 Å². The molecule has 110 valence electrons. The summed E-state index contributed by atoms with van der Waals surface area (Å²) in [7, 11) is 0. The summed E-state index contributed by atoms with van der Waals surface area (Å²) in [6.45, 7) is -0.240. The molecule has 0 aliphatic rings. The first-order valence-electron chi connectivity index (χ1n) is 6.26. The minimum atomic E-state index is -0.856. The summed E-state index contributed by atoms with van der Waals surface area (Å²) >= 11 is 0. The van der Waals surface area contributed by atoms with E-state index in [9.17, 15) is 13.6 Å². The van der Waals surface area contributed by atoms with E-state index in [2.05, 4.69) is 5.32 Å². The highest BCUT2D eigenvalue weighted by molar-refractivity contribution is 5.92. The molecular formula is C15H14F2N2O2. The lowest BCUT2D eigenvalue weighted by Crippen LogP contribution is -2.22. The third kappa shape index (κ3) is 3.76. The van der Waals surface area contributed by atoms with Crippen LogP contribution in [-0.2, 0) is 11.3 Å². The number of rotatable bonds is 5. The molecule has 21 heavy (non-hydrogen) atoms. The number of hydrogen-bond donors (Lipinski definition) is 2. The Morgan fingerprint density at radius 3 is 2.43 bits per heavy atom. The number of amides is 1. The van der Waals surface area contributed by atoms with Gasteiger partial charge in [-0.3, -0.25) is 4.79 Å². The van der Waals surface area contributed by atoms with Crippen molar-refractivity contribution in [3.05, 3.63) is 59.7 Å². The zero-order valence-corrected chi connectivity index (χ0v) is 11.1. The van der Waals surface area contributed by atoms with E-state index in [0.717, 1.165) is 17.7 Å². The van der Waals surface area contributed by atoms with E-state index in [4.69, 9.17) is 10.5 Å². The van der Waals surface area contributed by atoms with Crippen LogP contribution in [0.1, 0.15) is 5.56 Å². The fourth-order valence-corrected chi connectivity index (χ4v) is 1.76. The summed E-state index contributed by atoms with van der Waals surface area (Å²) in [5.74, 6) is -2.81. The maximum atomic E-state index is 13.3. The lowest BCUT2D eigenvalue weighted by molar-refractivity contribution is -0.118. The SMILES string of the molecule is NCc1ccccc1NC(=O)COc1c(F)cccc1F. The van der Waals surface area contributed by atoms with Crippen LogP contribution >= 0.6 is 0 Å². The largest absolute Gasteiger partial charge is 0.478 e. The average Bonchev–Trinajstić information content (AvgIpc) is 2.47. The van der Waals surface area contributed by atoms with Crippen LogP contribution < -0.4 is 15.8 Å². The van der Waals surface area contributed by atoms with Crippen LogP contribution in [0.3, 0.4) is 0 Å². The summed E-state index contributed by atoms with van der Waals surface area (Å²) < 4.78 is 31.5. The van der Waals surface area contributed by atoms with Crippen LogP contribution in [0.15, 0.2) is 42.5 Å². The molecular weight excluding hydrogens is 278 g/mol. The number of benzene rings is 2. The Morgan fingerprint density at radius 1 is 1.10 bits per heavy atom. The van der Waals surface area contributed by atoms with Gasteiger partial charge in [-0.15, -0.1) is 0 Å². The number of para-hydroxylation sites is 2. The predicted octanol–water partition coefficient (Wildman–Crippen LogP) is 2.44. The fraction of sp³-hybridized carbons (Fsp3) is 0.133. The van der Waals surface area contributed by atoms with Crippen molar-refractivity contribution >= 4 is 11.6 Å².